The first-order valence-corrected chi connectivity index (χ1v) is 5.91. The SMILES string of the molecule is CN(C)C1CCN(C(=O)C(N)CC(N)=O)CC1. The highest BCUT2D eigenvalue weighted by atomic mass is 16.2. The van der Waals surface area contributed by atoms with Crippen LogP contribution in [-0.4, -0.2) is 60.9 Å². The molecule has 0 aromatic carbocycles. The summed E-state index contributed by atoms with van der Waals surface area (Å²) in [4.78, 5) is 26.5. The van der Waals surface area contributed by atoms with Crippen LogP contribution in [0, 0.1) is 0 Å². The fourth-order valence-corrected chi connectivity index (χ4v) is 2.14. The fraction of sp³-hybridized carbons (Fsp3) is 0.818. The molecule has 17 heavy (non-hydrogen) atoms. The Morgan fingerprint density at radius 2 is 1.88 bits per heavy atom. The zero-order chi connectivity index (χ0) is 13.0. The maximum Gasteiger partial charge on any atom is 0.240 e. The summed E-state index contributed by atoms with van der Waals surface area (Å²) in [5.41, 5.74) is 10.7. The van der Waals surface area contributed by atoms with E-state index in [0.717, 1.165) is 12.8 Å². The van der Waals surface area contributed by atoms with E-state index in [9.17, 15) is 9.59 Å². The molecule has 1 atom stereocenters. The Morgan fingerprint density at radius 1 is 1.35 bits per heavy atom. The van der Waals surface area contributed by atoms with Gasteiger partial charge in [-0.05, 0) is 26.9 Å². The maximum atomic E-state index is 11.9. The molecule has 0 saturated carbocycles. The van der Waals surface area contributed by atoms with Gasteiger partial charge in [-0.15, -0.1) is 0 Å². The standard InChI is InChI=1S/C11H22N4O2/c1-14(2)8-3-5-15(6-4-8)11(17)9(12)7-10(13)16/h8-9H,3-7,12H2,1-2H3,(H2,13,16). The molecule has 2 amide bonds. The van der Waals surface area contributed by atoms with Crippen LogP contribution in [-0.2, 0) is 9.59 Å². The van der Waals surface area contributed by atoms with E-state index >= 15 is 0 Å². The van der Waals surface area contributed by atoms with Crippen molar-refractivity contribution >= 4 is 11.8 Å². The number of hydrogen-bond acceptors (Lipinski definition) is 4. The zero-order valence-corrected chi connectivity index (χ0v) is 10.6. The summed E-state index contributed by atoms with van der Waals surface area (Å²) in [6, 6.07) is -0.269. The van der Waals surface area contributed by atoms with Crippen molar-refractivity contribution in [2.75, 3.05) is 27.2 Å². The molecule has 98 valence electrons. The van der Waals surface area contributed by atoms with Gasteiger partial charge < -0.3 is 21.3 Å². The summed E-state index contributed by atoms with van der Waals surface area (Å²) in [7, 11) is 4.09. The van der Waals surface area contributed by atoms with E-state index in [0.29, 0.717) is 19.1 Å². The number of amides is 2. The number of nitrogens with two attached hydrogens (primary N) is 2. The van der Waals surface area contributed by atoms with Gasteiger partial charge in [-0.25, -0.2) is 0 Å². The zero-order valence-electron chi connectivity index (χ0n) is 10.6. The minimum absolute atomic E-state index is 0.0769. The Bertz CT molecular complexity index is 285. The first-order valence-electron chi connectivity index (χ1n) is 5.91. The lowest BCUT2D eigenvalue weighted by Crippen LogP contribution is -2.50. The summed E-state index contributed by atoms with van der Waals surface area (Å²) >= 11 is 0. The van der Waals surface area contributed by atoms with Gasteiger partial charge in [0.2, 0.25) is 11.8 Å². The van der Waals surface area contributed by atoms with Gasteiger partial charge in [-0.1, -0.05) is 0 Å². The molecule has 0 aliphatic carbocycles. The topological polar surface area (TPSA) is 92.7 Å². The summed E-state index contributed by atoms with van der Waals surface area (Å²) in [5, 5.41) is 0. The van der Waals surface area contributed by atoms with E-state index < -0.39 is 11.9 Å². The molecule has 1 heterocycles. The van der Waals surface area contributed by atoms with Crippen LogP contribution < -0.4 is 11.5 Å². The third-order valence-electron chi connectivity index (χ3n) is 3.24. The van der Waals surface area contributed by atoms with Gasteiger partial charge >= 0.3 is 0 Å². The molecule has 0 aromatic rings. The van der Waals surface area contributed by atoms with Gasteiger partial charge in [0.25, 0.3) is 0 Å². The molecule has 1 aliphatic rings. The average Bonchev–Trinajstić information content (AvgIpc) is 2.27. The van der Waals surface area contributed by atoms with Gasteiger partial charge in [0.05, 0.1) is 12.5 Å². The molecule has 0 spiro atoms. The van der Waals surface area contributed by atoms with Crippen molar-refractivity contribution in [2.45, 2.75) is 31.3 Å². The first kappa shape index (κ1) is 13.9. The maximum absolute atomic E-state index is 11.9. The lowest BCUT2D eigenvalue weighted by atomic mass is 10.0. The minimum Gasteiger partial charge on any atom is -0.370 e. The second kappa shape index (κ2) is 5.97. The molecule has 1 aliphatic heterocycles. The van der Waals surface area contributed by atoms with E-state index in [1.54, 1.807) is 4.90 Å². The third-order valence-corrected chi connectivity index (χ3v) is 3.24. The van der Waals surface area contributed by atoms with Gasteiger partial charge in [-0.2, -0.15) is 0 Å². The Balaban J connectivity index is 2.43. The van der Waals surface area contributed by atoms with Gasteiger partial charge in [0, 0.05) is 19.1 Å². The smallest absolute Gasteiger partial charge is 0.240 e. The van der Waals surface area contributed by atoms with Crippen LogP contribution in [0.3, 0.4) is 0 Å². The average molecular weight is 242 g/mol. The van der Waals surface area contributed by atoms with Crippen LogP contribution in [0.5, 0.6) is 0 Å². The molecule has 1 saturated heterocycles. The van der Waals surface area contributed by atoms with Crippen molar-refractivity contribution in [3.8, 4) is 0 Å². The molecule has 1 unspecified atom stereocenters. The van der Waals surface area contributed by atoms with Crippen molar-refractivity contribution in [3.63, 3.8) is 0 Å². The summed E-state index contributed by atoms with van der Waals surface area (Å²) in [6.07, 6.45) is 1.82. The highest BCUT2D eigenvalue weighted by Gasteiger charge is 2.27. The van der Waals surface area contributed by atoms with Crippen molar-refractivity contribution in [1.29, 1.82) is 0 Å². The van der Waals surface area contributed by atoms with E-state index in [-0.39, 0.29) is 12.3 Å². The number of carbonyl (C=O) groups is 2. The van der Waals surface area contributed by atoms with Crippen LogP contribution >= 0.6 is 0 Å². The van der Waals surface area contributed by atoms with Crippen molar-refractivity contribution in [1.82, 2.24) is 9.80 Å². The second-order valence-corrected chi connectivity index (χ2v) is 4.80. The van der Waals surface area contributed by atoms with Crippen molar-refractivity contribution in [2.24, 2.45) is 11.5 Å². The first-order chi connectivity index (χ1) is 7.91. The second-order valence-electron chi connectivity index (χ2n) is 4.80. The van der Waals surface area contributed by atoms with Crippen LogP contribution in [0.25, 0.3) is 0 Å². The number of rotatable bonds is 4. The van der Waals surface area contributed by atoms with Gasteiger partial charge in [0.15, 0.2) is 0 Å². The number of piperidine rings is 1. The predicted molar refractivity (Wildman–Crippen MR) is 65.1 cm³/mol. The van der Waals surface area contributed by atoms with Crippen LogP contribution in [0.15, 0.2) is 0 Å². The predicted octanol–water partition coefficient (Wildman–Crippen LogP) is -1.26. The highest BCUT2D eigenvalue weighted by molar-refractivity contribution is 5.87. The molecular formula is C11H22N4O2. The van der Waals surface area contributed by atoms with Gasteiger partial charge in [-0.3, -0.25) is 9.59 Å². The molecule has 0 aromatic heterocycles. The lowest BCUT2D eigenvalue weighted by molar-refractivity contribution is -0.136. The number of nitrogens with zero attached hydrogens (tertiary/aromatic N) is 2. The normalized spacial score (nSPS) is 19.4. The monoisotopic (exact) mass is 242 g/mol. The third kappa shape index (κ3) is 3.98. The number of hydrogen-bond donors (Lipinski definition) is 2. The Kier molecular flexibility index (Phi) is 4.89. The summed E-state index contributed by atoms with van der Waals surface area (Å²) in [5.74, 6) is -0.699. The van der Waals surface area contributed by atoms with Gasteiger partial charge in [0.1, 0.15) is 0 Å². The Labute approximate surface area is 102 Å². The Hall–Kier alpha value is -1.14. The summed E-state index contributed by atoms with van der Waals surface area (Å²) < 4.78 is 0. The van der Waals surface area contributed by atoms with E-state index in [1.807, 2.05) is 14.1 Å². The lowest BCUT2D eigenvalue weighted by Gasteiger charge is -2.36. The minimum atomic E-state index is -0.789. The largest absolute Gasteiger partial charge is 0.370 e. The van der Waals surface area contributed by atoms with Crippen LogP contribution in [0.4, 0.5) is 0 Å². The molecular weight excluding hydrogens is 220 g/mol. The van der Waals surface area contributed by atoms with Crippen molar-refractivity contribution in [3.05, 3.63) is 0 Å². The Morgan fingerprint density at radius 3 is 2.29 bits per heavy atom. The van der Waals surface area contributed by atoms with Crippen LogP contribution in [0.2, 0.25) is 0 Å². The molecule has 6 heteroatoms. The van der Waals surface area contributed by atoms with E-state index in [1.165, 1.54) is 0 Å². The fourth-order valence-electron chi connectivity index (χ4n) is 2.14. The van der Waals surface area contributed by atoms with Crippen molar-refractivity contribution < 1.29 is 9.59 Å². The molecule has 0 bridgehead atoms. The quantitative estimate of drug-likeness (QED) is 0.643. The number of carbonyl (C=O) groups excluding carboxylic acids is 2. The molecule has 1 fully saturated rings. The van der Waals surface area contributed by atoms with Crippen LogP contribution in [0.1, 0.15) is 19.3 Å². The van der Waals surface area contributed by atoms with E-state index in [2.05, 4.69) is 4.90 Å². The highest BCUT2D eigenvalue weighted by Crippen LogP contribution is 2.15. The molecule has 1 rings (SSSR count). The molecule has 6 nitrogen and oxygen atoms in total. The molecule has 0 radical (unpaired) electrons. The number of likely N-dealkylation sites (tertiary alicyclic amines) is 1. The number of primary amides is 1. The molecule has 4 N–H and O–H groups in total. The summed E-state index contributed by atoms with van der Waals surface area (Å²) in [6.45, 7) is 1.41. The van der Waals surface area contributed by atoms with E-state index in [4.69, 9.17) is 11.5 Å².